The average Bonchev–Trinajstić information content (AvgIpc) is 2.85. The molecule has 1 fully saturated rings. The Labute approximate surface area is 124 Å². The summed E-state index contributed by atoms with van der Waals surface area (Å²) in [6, 6.07) is 8.68. The summed E-state index contributed by atoms with van der Waals surface area (Å²) in [6.07, 6.45) is 0. The lowest BCUT2D eigenvalue weighted by Crippen LogP contribution is -2.36. The highest BCUT2D eigenvalue weighted by Crippen LogP contribution is 2.21. The summed E-state index contributed by atoms with van der Waals surface area (Å²) in [4.78, 5) is 2.36. The van der Waals surface area contributed by atoms with Gasteiger partial charge in [-0.25, -0.2) is 0 Å². The summed E-state index contributed by atoms with van der Waals surface area (Å²) in [5, 5.41) is 7.33. The third-order valence-electron chi connectivity index (χ3n) is 3.82. The maximum absolute atomic E-state index is 5.38. The van der Waals surface area contributed by atoms with Crippen molar-refractivity contribution in [2.45, 2.75) is 20.4 Å². The predicted molar refractivity (Wildman–Crippen MR) is 82.8 cm³/mol. The van der Waals surface area contributed by atoms with Gasteiger partial charge in [-0.05, 0) is 31.5 Å². The number of benzene rings is 1. The van der Waals surface area contributed by atoms with Gasteiger partial charge in [0.1, 0.15) is 11.4 Å². The zero-order chi connectivity index (χ0) is 14.7. The maximum atomic E-state index is 5.38. The number of aryl methyl sites for hydroxylation is 2. The Kier molecular flexibility index (Phi) is 4.10. The molecule has 5 heteroatoms. The number of rotatable bonds is 4. The standard InChI is InChI=1S/C16H21N3O2/c1-12-16(13(2)21-18-12)17-11-14-3-5-15(6-4-14)19-7-9-20-10-8-19/h3-6,17H,7-11H2,1-2H3. The van der Waals surface area contributed by atoms with E-state index in [2.05, 4.69) is 39.6 Å². The fourth-order valence-corrected chi connectivity index (χ4v) is 2.57. The fourth-order valence-electron chi connectivity index (χ4n) is 2.57. The molecule has 1 saturated heterocycles. The summed E-state index contributed by atoms with van der Waals surface area (Å²) in [5.41, 5.74) is 4.40. The largest absolute Gasteiger partial charge is 0.378 e. The molecule has 1 aromatic heterocycles. The van der Waals surface area contributed by atoms with Crippen molar-refractivity contribution in [1.29, 1.82) is 0 Å². The van der Waals surface area contributed by atoms with Gasteiger partial charge in [0.25, 0.3) is 0 Å². The smallest absolute Gasteiger partial charge is 0.157 e. The first-order chi connectivity index (χ1) is 10.2. The number of aromatic nitrogens is 1. The molecule has 1 aliphatic heterocycles. The van der Waals surface area contributed by atoms with E-state index in [0.29, 0.717) is 0 Å². The second kappa shape index (κ2) is 6.18. The van der Waals surface area contributed by atoms with E-state index < -0.39 is 0 Å². The van der Waals surface area contributed by atoms with Crippen molar-refractivity contribution in [3.8, 4) is 0 Å². The quantitative estimate of drug-likeness (QED) is 0.937. The van der Waals surface area contributed by atoms with E-state index in [0.717, 1.165) is 50.0 Å². The molecule has 1 aromatic carbocycles. The number of anilines is 2. The van der Waals surface area contributed by atoms with Gasteiger partial charge >= 0.3 is 0 Å². The molecule has 0 atom stereocenters. The predicted octanol–water partition coefficient (Wildman–Crippen LogP) is 2.74. The van der Waals surface area contributed by atoms with Crippen LogP contribution in [0.1, 0.15) is 17.0 Å². The van der Waals surface area contributed by atoms with Gasteiger partial charge in [-0.3, -0.25) is 0 Å². The normalized spacial score (nSPS) is 15.2. The van der Waals surface area contributed by atoms with Crippen LogP contribution in [0.3, 0.4) is 0 Å². The highest BCUT2D eigenvalue weighted by atomic mass is 16.5. The lowest BCUT2D eigenvalue weighted by molar-refractivity contribution is 0.122. The Bertz CT molecular complexity index is 567. The molecular weight excluding hydrogens is 266 g/mol. The number of nitrogens with zero attached hydrogens (tertiary/aromatic N) is 2. The number of morpholine rings is 1. The van der Waals surface area contributed by atoms with Crippen molar-refractivity contribution in [3.63, 3.8) is 0 Å². The van der Waals surface area contributed by atoms with Crippen LogP contribution in [0, 0.1) is 13.8 Å². The number of ether oxygens (including phenoxy) is 1. The molecule has 1 N–H and O–H groups in total. The summed E-state index contributed by atoms with van der Waals surface area (Å²) in [5.74, 6) is 0.831. The van der Waals surface area contributed by atoms with Crippen LogP contribution in [0.2, 0.25) is 0 Å². The van der Waals surface area contributed by atoms with E-state index in [-0.39, 0.29) is 0 Å². The fraction of sp³-hybridized carbons (Fsp3) is 0.438. The third-order valence-corrected chi connectivity index (χ3v) is 3.82. The second-order valence-electron chi connectivity index (χ2n) is 5.32. The number of nitrogens with one attached hydrogen (secondary N) is 1. The van der Waals surface area contributed by atoms with Gasteiger partial charge in [-0.1, -0.05) is 17.3 Å². The average molecular weight is 287 g/mol. The Hall–Kier alpha value is -2.01. The lowest BCUT2D eigenvalue weighted by Gasteiger charge is -2.28. The van der Waals surface area contributed by atoms with Crippen LogP contribution in [-0.2, 0) is 11.3 Å². The highest BCUT2D eigenvalue weighted by Gasteiger charge is 2.11. The van der Waals surface area contributed by atoms with Gasteiger partial charge in [-0.15, -0.1) is 0 Å². The molecule has 0 spiro atoms. The number of hydrogen-bond acceptors (Lipinski definition) is 5. The SMILES string of the molecule is Cc1noc(C)c1NCc1ccc(N2CCOCC2)cc1. The Morgan fingerprint density at radius 3 is 2.48 bits per heavy atom. The van der Waals surface area contributed by atoms with Crippen molar-refractivity contribution in [1.82, 2.24) is 5.16 Å². The van der Waals surface area contributed by atoms with Crippen LogP contribution in [0.5, 0.6) is 0 Å². The first-order valence-electron chi connectivity index (χ1n) is 7.32. The van der Waals surface area contributed by atoms with E-state index in [9.17, 15) is 0 Å². The van der Waals surface area contributed by atoms with Gasteiger partial charge in [-0.2, -0.15) is 0 Å². The minimum atomic E-state index is 0.770. The topological polar surface area (TPSA) is 50.5 Å². The van der Waals surface area contributed by atoms with Crippen molar-refractivity contribution in [2.24, 2.45) is 0 Å². The summed E-state index contributed by atoms with van der Waals surface area (Å²) in [7, 11) is 0. The van der Waals surface area contributed by atoms with Crippen LogP contribution >= 0.6 is 0 Å². The Balaban J connectivity index is 1.62. The number of hydrogen-bond donors (Lipinski definition) is 1. The van der Waals surface area contributed by atoms with Gasteiger partial charge in [0.15, 0.2) is 5.76 Å². The zero-order valence-electron chi connectivity index (χ0n) is 12.6. The molecule has 5 nitrogen and oxygen atoms in total. The monoisotopic (exact) mass is 287 g/mol. The molecule has 0 aliphatic carbocycles. The van der Waals surface area contributed by atoms with Gasteiger partial charge < -0.3 is 19.5 Å². The summed E-state index contributed by atoms with van der Waals surface area (Å²) < 4.78 is 10.5. The summed E-state index contributed by atoms with van der Waals surface area (Å²) >= 11 is 0. The highest BCUT2D eigenvalue weighted by molar-refractivity contribution is 5.52. The van der Waals surface area contributed by atoms with Crippen LogP contribution in [0.15, 0.2) is 28.8 Å². The van der Waals surface area contributed by atoms with E-state index in [1.54, 1.807) is 0 Å². The first-order valence-corrected chi connectivity index (χ1v) is 7.32. The van der Waals surface area contributed by atoms with Crippen LogP contribution in [0.4, 0.5) is 11.4 Å². The van der Waals surface area contributed by atoms with Gasteiger partial charge in [0.2, 0.25) is 0 Å². The molecule has 0 amide bonds. The molecule has 2 aromatic rings. The molecular formula is C16H21N3O2. The molecule has 3 rings (SSSR count). The Morgan fingerprint density at radius 1 is 1.14 bits per heavy atom. The van der Waals surface area contributed by atoms with E-state index in [4.69, 9.17) is 9.26 Å². The lowest BCUT2D eigenvalue weighted by atomic mass is 10.2. The second-order valence-corrected chi connectivity index (χ2v) is 5.32. The van der Waals surface area contributed by atoms with Crippen molar-refractivity contribution in [3.05, 3.63) is 41.3 Å². The summed E-state index contributed by atoms with van der Waals surface area (Å²) in [6.45, 7) is 8.20. The van der Waals surface area contributed by atoms with Crippen LogP contribution < -0.4 is 10.2 Å². The van der Waals surface area contributed by atoms with Crippen molar-refractivity contribution >= 4 is 11.4 Å². The molecule has 112 valence electrons. The van der Waals surface area contributed by atoms with Crippen molar-refractivity contribution in [2.75, 3.05) is 36.5 Å². The zero-order valence-corrected chi connectivity index (χ0v) is 12.6. The third kappa shape index (κ3) is 3.19. The maximum Gasteiger partial charge on any atom is 0.157 e. The minimum Gasteiger partial charge on any atom is -0.378 e. The van der Waals surface area contributed by atoms with E-state index in [1.165, 1.54) is 11.3 Å². The molecule has 1 aliphatic rings. The van der Waals surface area contributed by atoms with E-state index in [1.807, 2.05) is 13.8 Å². The molecule has 21 heavy (non-hydrogen) atoms. The molecule has 0 saturated carbocycles. The Morgan fingerprint density at radius 2 is 1.86 bits per heavy atom. The van der Waals surface area contributed by atoms with Crippen molar-refractivity contribution < 1.29 is 9.26 Å². The molecule has 0 unspecified atom stereocenters. The molecule has 2 heterocycles. The van der Waals surface area contributed by atoms with E-state index >= 15 is 0 Å². The van der Waals surface area contributed by atoms with Gasteiger partial charge in [0, 0.05) is 25.3 Å². The van der Waals surface area contributed by atoms with Crippen LogP contribution in [-0.4, -0.2) is 31.5 Å². The molecule has 0 bridgehead atoms. The minimum absolute atomic E-state index is 0.770. The van der Waals surface area contributed by atoms with Gasteiger partial charge in [0.05, 0.1) is 13.2 Å². The van der Waals surface area contributed by atoms with Crippen LogP contribution in [0.25, 0.3) is 0 Å². The molecule has 0 radical (unpaired) electrons. The first kappa shape index (κ1) is 13.9.